The van der Waals surface area contributed by atoms with Gasteiger partial charge in [0.2, 0.25) is 0 Å². The molecule has 1 aromatic carbocycles. The number of benzene rings is 1. The SMILES string of the molecule is CC(C)C[C@@H](C)N(C)C(=O)Nc1ccc(F)c(C(N)=O)c1. The molecule has 0 aromatic heterocycles. The van der Waals surface area contributed by atoms with Gasteiger partial charge >= 0.3 is 6.03 Å². The number of hydrogen-bond acceptors (Lipinski definition) is 2. The zero-order valence-electron chi connectivity index (χ0n) is 12.8. The van der Waals surface area contributed by atoms with Gasteiger partial charge in [0.05, 0.1) is 5.56 Å². The number of primary amides is 1. The van der Waals surface area contributed by atoms with Gasteiger partial charge in [0.15, 0.2) is 0 Å². The van der Waals surface area contributed by atoms with Crippen LogP contribution in [0.1, 0.15) is 37.6 Å². The van der Waals surface area contributed by atoms with Crippen LogP contribution in [-0.2, 0) is 0 Å². The minimum atomic E-state index is -0.870. The Morgan fingerprint density at radius 2 is 1.95 bits per heavy atom. The second kappa shape index (κ2) is 7.06. The first-order chi connectivity index (χ1) is 9.72. The average Bonchev–Trinajstić information content (AvgIpc) is 2.38. The summed E-state index contributed by atoms with van der Waals surface area (Å²) in [4.78, 5) is 24.8. The molecule has 1 rings (SSSR count). The molecule has 0 heterocycles. The van der Waals surface area contributed by atoms with E-state index in [9.17, 15) is 14.0 Å². The summed E-state index contributed by atoms with van der Waals surface area (Å²) in [5.41, 5.74) is 5.16. The van der Waals surface area contributed by atoms with Crippen LogP contribution >= 0.6 is 0 Å². The molecular formula is C15H22FN3O2. The molecule has 0 saturated heterocycles. The maximum absolute atomic E-state index is 13.4. The lowest BCUT2D eigenvalue weighted by molar-refractivity contribution is 0.0996. The molecule has 1 atom stereocenters. The van der Waals surface area contributed by atoms with E-state index in [0.717, 1.165) is 12.5 Å². The topological polar surface area (TPSA) is 75.4 Å². The summed E-state index contributed by atoms with van der Waals surface area (Å²) in [6, 6.07) is 3.48. The monoisotopic (exact) mass is 295 g/mol. The maximum atomic E-state index is 13.4. The molecule has 0 aliphatic rings. The maximum Gasteiger partial charge on any atom is 0.321 e. The number of urea groups is 1. The largest absolute Gasteiger partial charge is 0.366 e. The Bertz CT molecular complexity index is 532. The molecular weight excluding hydrogens is 273 g/mol. The number of carbonyl (C=O) groups is 2. The van der Waals surface area contributed by atoms with Crippen LogP contribution in [0.15, 0.2) is 18.2 Å². The molecule has 21 heavy (non-hydrogen) atoms. The van der Waals surface area contributed by atoms with Gasteiger partial charge in [0.25, 0.3) is 5.91 Å². The Kier molecular flexibility index (Phi) is 5.69. The van der Waals surface area contributed by atoms with Crippen molar-refractivity contribution in [1.29, 1.82) is 0 Å². The number of nitrogens with one attached hydrogen (secondary N) is 1. The van der Waals surface area contributed by atoms with Crippen LogP contribution in [-0.4, -0.2) is 29.9 Å². The van der Waals surface area contributed by atoms with Crippen LogP contribution in [0.4, 0.5) is 14.9 Å². The quantitative estimate of drug-likeness (QED) is 0.876. The van der Waals surface area contributed by atoms with E-state index in [1.165, 1.54) is 12.1 Å². The molecule has 0 radical (unpaired) electrons. The van der Waals surface area contributed by atoms with Crippen molar-refractivity contribution in [3.8, 4) is 0 Å². The Morgan fingerprint density at radius 1 is 1.33 bits per heavy atom. The zero-order valence-corrected chi connectivity index (χ0v) is 12.8. The molecule has 0 spiro atoms. The predicted molar refractivity (Wildman–Crippen MR) is 80.6 cm³/mol. The van der Waals surface area contributed by atoms with Gasteiger partial charge < -0.3 is 16.0 Å². The van der Waals surface area contributed by atoms with Crippen molar-refractivity contribution in [3.05, 3.63) is 29.6 Å². The van der Waals surface area contributed by atoms with E-state index in [1.807, 2.05) is 6.92 Å². The van der Waals surface area contributed by atoms with E-state index >= 15 is 0 Å². The first-order valence-electron chi connectivity index (χ1n) is 6.85. The van der Waals surface area contributed by atoms with Crippen LogP contribution in [0.3, 0.4) is 0 Å². The molecule has 0 saturated carbocycles. The van der Waals surface area contributed by atoms with Crippen LogP contribution in [0.5, 0.6) is 0 Å². The van der Waals surface area contributed by atoms with Crippen molar-refractivity contribution in [2.75, 3.05) is 12.4 Å². The molecule has 3 N–H and O–H groups in total. The second-order valence-electron chi connectivity index (χ2n) is 5.58. The Labute approximate surface area is 124 Å². The van der Waals surface area contributed by atoms with Gasteiger partial charge in [-0.05, 0) is 37.5 Å². The summed E-state index contributed by atoms with van der Waals surface area (Å²) in [6.45, 7) is 6.13. The van der Waals surface area contributed by atoms with Gasteiger partial charge in [0.1, 0.15) is 5.82 Å². The van der Waals surface area contributed by atoms with Crippen LogP contribution < -0.4 is 11.1 Å². The number of nitrogens with zero attached hydrogens (tertiary/aromatic N) is 1. The number of rotatable bonds is 5. The number of amides is 3. The fourth-order valence-electron chi connectivity index (χ4n) is 2.04. The molecule has 0 aliphatic heterocycles. The Hall–Kier alpha value is -2.11. The fourth-order valence-corrected chi connectivity index (χ4v) is 2.04. The molecule has 1 aromatic rings. The third-order valence-electron chi connectivity index (χ3n) is 3.28. The predicted octanol–water partition coefficient (Wildman–Crippen LogP) is 2.82. The molecule has 0 fully saturated rings. The van der Waals surface area contributed by atoms with E-state index in [4.69, 9.17) is 5.73 Å². The summed E-state index contributed by atoms with van der Waals surface area (Å²) in [6.07, 6.45) is 0.875. The molecule has 3 amide bonds. The van der Waals surface area contributed by atoms with Gasteiger partial charge in [-0.15, -0.1) is 0 Å². The van der Waals surface area contributed by atoms with Crippen LogP contribution in [0.25, 0.3) is 0 Å². The fraction of sp³-hybridized carbons (Fsp3) is 0.467. The van der Waals surface area contributed by atoms with Crippen molar-refractivity contribution in [3.63, 3.8) is 0 Å². The summed E-state index contributed by atoms with van der Waals surface area (Å²) in [5, 5.41) is 2.63. The van der Waals surface area contributed by atoms with Gasteiger partial charge in [0, 0.05) is 18.8 Å². The number of anilines is 1. The second-order valence-corrected chi connectivity index (χ2v) is 5.58. The number of carbonyl (C=O) groups excluding carboxylic acids is 2. The lowest BCUT2D eigenvalue weighted by Crippen LogP contribution is -2.38. The smallest absolute Gasteiger partial charge is 0.321 e. The third-order valence-corrected chi connectivity index (χ3v) is 3.28. The van der Waals surface area contributed by atoms with E-state index in [2.05, 4.69) is 19.2 Å². The van der Waals surface area contributed by atoms with Crippen molar-refractivity contribution in [1.82, 2.24) is 4.90 Å². The van der Waals surface area contributed by atoms with E-state index in [0.29, 0.717) is 11.6 Å². The number of hydrogen-bond donors (Lipinski definition) is 2. The summed E-state index contributed by atoms with van der Waals surface area (Å²) in [7, 11) is 1.70. The highest BCUT2D eigenvalue weighted by atomic mass is 19.1. The van der Waals surface area contributed by atoms with Crippen molar-refractivity contribution >= 4 is 17.6 Å². The summed E-state index contributed by atoms with van der Waals surface area (Å²) in [5.74, 6) is -1.10. The van der Waals surface area contributed by atoms with Crippen LogP contribution in [0.2, 0.25) is 0 Å². The summed E-state index contributed by atoms with van der Waals surface area (Å²) >= 11 is 0. The Morgan fingerprint density at radius 3 is 2.48 bits per heavy atom. The van der Waals surface area contributed by atoms with Gasteiger partial charge in [-0.3, -0.25) is 4.79 Å². The van der Waals surface area contributed by atoms with Gasteiger partial charge in [-0.25, -0.2) is 9.18 Å². The van der Waals surface area contributed by atoms with E-state index in [1.54, 1.807) is 11.9 Å². The zero-order chi connectivity index (χ0) is 16.2. The Balaban J connectivity index is 2.79. The highest BCUT2D eigenvalue weighted by Crippen LogP contribution is 2.16. The standard InChI is InChI=1S/C15H22FN3O2/c1-9(2)7-10(3)19(4)15(21)18-11-5-6-13(16)12(8-11)14(17)20/h5-6,8-10H,7H2,1-4H3,(H2,17,20)(H,18,21)/t10-/m1/s1. The number of halogens is 1. The van der Waals surface area contributed by atoms with Crippen LogP contribution in [0, 0.1) is 11.7 Å². The van der Waals surface area contributed by atoms with Gasteiger partial charge in [-0.1, -0.05) is 13.8 Å². The molecule has 116 valence electrons. The molecule has 5 nitrogen and oxygen atoms in total. The van der Waals surface area contributed by atoms with Crippen molar-refractivity contribution in [2.24, 2.45) is 11.7 Å². The highest BCUT2D eigenvalue weighted by molar-refractivity contribution is 5.96. The lowest BCUT2D eigenvalue weighted by Gasteiger charge is -2.26. The van der Waals surface area contributed by atoms with Gasteiger partial charge in [-0.2, -0.15) is 0 Å². The third kappa shape index (κ3) is 4.73. The van der Waals surface area contributed by atoms with E-state index < -0.39 is 11.7 Å². The van der Waals surface area contributed by atoms with Crippen molar-refractivity contribution < 1.29 is 14.0 Å². The first-order valence-corrected chi connectivity index (χ1v) is 6.85. The minimum Gasteiger partial charge on any atom is -0.366 e. The molecule has 0 unspecified atom stereocenters. The van der Waals surface area contributed by atoms with E-state index in [-0.39, 0.29) is 17.6 Å². The number of nitrogens with two attached hydrogens (primary N) is 1. The van der Waals surface area contributed by atoms with Crippen molar-refractivity contribution in [2.45, 2.75) is 33.2 Å². The molecule has 6 heteroatoms. The normalized spacial score (nSPS) is 12.1. The first kappa shape index (κ1) is 16.9. The summed E-state index contributed by atoms with van der Waals surface area (Å²) < 4.78 is 13.4. The minimum absolute atomic E-state index is 0.0704. The molecule has 0 aliphatic carbocycles. The molecule has 0 bridgehead atoms. The average molecular weight is 295 g/mol. The highest BCUT2D eigenvalue weighted by Gasteiger charge is 2.17. The lowest BCUT2D eigenvalue weighted by atomic mass is 10.0.